The fourth-order valence-electron chi connectivity index (χ4n) is 2.39. The number of nitrogens with one attached hydrogen (secondary N) is 1. The second kappa shape index (κ2) is 6.08. The van der Waals surface area contributed by atoms with Gasteiger partial charge in [0.2, 0.25) is 0 Å². The summed E-state index contributed by atoms with van der Waals surface area (Å²) in [5.41, 5.74) is 0. The lowest BCUT2D eigenvalue weighted by atomic mass is 9.91. The van der Waals surface area contributed by atoms with Crippen molar-refractivity contribution in [3.8, 4) is 0 Å². The Morgan fingerprint density at radius 3 is 2.73 bits per heavy atom. The van der Waals surface area contributed by atoms with Gasteiger partial charge >= 0.3 is 5.97 Å². The zero-order valence-corrected chi connectivity index (χ0v) is 9.70. The molecule has 1 saturated heterocycles. The zero-order valence-electron chi connectivity index (χ0n) is 9.70. The van der Waals surface area contributed by atoms with Crippen LogP contribution in [0, 0.1) is 5.92 Å². The van der Waals surface area contributed by atoms with Crippen LogP contribution in [0.25, 0.3) is 0 Å². The minimum atomic E-state index is -0.673. The molecule has 0 aliphatic carbocycles. The molecular formula is C11H22N2O2. The molecule has 1 fully saturated rings. The first-order valence-electron chi connectivity index (χ1n) is 5.83. The topological polar surface area (TPSA) is 52.6 Å². The third-order valence-electron chi connectivity index (χ3n) is 3.02. The highest BCUT2D eigenvalue weighted by atomic mass is 16.4. The van der Waals surface area contributed by atoms with Crippen molar-refractivity contribution in [2.75, 3.05) is 26.2 Å². The van der Waals surface area contributed by atoms with Gasteiger partial charge in [-0.2, -0.15) is 0 Å². The minimum absolute atomic E-state index is 0.304. The fraction of sp³-hybridized carbons (Fsp3) is 0.909. The molecule has 0 aromatic carbocycles. The van der Waals surface area contributed by atoms with Gasteiger partial charge in [0.15, 0.2) is 0 Å². The van der Waals surface area contributed by atoms with E-state index in [2.05, 4.69) is 24.1 Å². The van der Waals surface area contributed by atoms with Gasteiger partial charge in [-0.1, -0.05) is 13.8 Å². The number of hydrogen-bond donors (Lipinski definition) is 2. The Balaban J connectivity index is 2.46. The van der Waals surface area contributed by atoms with Crippen molar-refractivity contribution < 1.29 is 9.90 Å². The van der Waals surface area contributed by atoms with E-state index in [0.29, 0.717) is 18.4 Å². The van der Waals surface area contributed by atoms with Gasteiger partial charge in [-0.3, -0.25) is 4.79 Å². The van der Waals surface area contributed by atoms with Crippen molar-refractivity contribution >= 4 is 5.97 Å². The van der Waals surface area contributed by atoms with Crippen LogP contribution in [0.4, 0.5) is 0 Å². The van der Waals surface area contributed by atoms with E-state index < -0.39 is 5.97 Å². The van der Waals surface area contributed by atoms with Gasteiger partial charge in [0.25, 0.3) is 0 Å². The van der Waals surface area contributed by atoms with E-state index in [1.165, 1.54) is 0 Å². The lowest BCUT2D eigenvalue weighted by Gasteiger charge is -2.37. The number of carboxylic acid groups (broad SMARTS) is 1. The third-order valence-corrected chi connectivity index (χ3v) is 3.02. The second-order valence-corrected chi connectivity index (χ2v) is 4.31. The molecule has 1 aliphatic heterocycles. The van der Waals surface area contributed by atoms with Crippen molar-refractivity contribution in [2.24, 2.45) is 5.92 Å². The quantitative estimate of drug-likeness (QED) is 0.710. The molecule has 0 aromatic heterocycles. The summed E-state index contributed by atoms with van der Waals surface area (Å²) >= 11 is 0. The van der Waals surface area contributed by atoms with E-state index in [1.807, 2.05) is 0 Å². The smallest absolute Gasteiger partial charge is 0.303 e. The molecule has 1 rings (SSSR count). The molecule has 4 heteroatoms. The van der Waals surface area contributed by atoms with Crippen LogP contribution in [-0.2, 0) is 4.79 Å². The molecule has 15 heavy (non-hydrogen) atoms. The number of rotatable bonds is 5. The Labute approximate surface area is 91.6 Å². The summed E-state index contributed by atoms with van der Waals surface area (Å²) in [4.78, 5) is 13.0. The maximum atomic E-state index is 10.7. The van der Waals surface area contributed by atoms with Crippen LogP contribution >= 0.6 is 0 Å². The normalized spacial score (nSPS) is 27.9. The first-order chi connectivity index (χ1) is 7.15. The largest absolute Gasteiger partial charge is 0.481 e. The number of nitrogens with zero attached hydrogens (tertiary/aromatic N) is 1. The van der Waals surface area contributed by atoms with E-state index in [9.17, 15) is 4.79 Å². The molecule has 1 aliphatic rings. The van der Waals surface area contributed by atoms with Crippen LogP contribution in [0.2, 0.25) is 0 Å². The summed E-state index contributed by atoms with van der Waals surface area (Å²) in [6, 6.07) is 0.466. The highest BCUT2D eigenvalue weighted by Gasteiger charge is 2.27. The molecule has 1 heterocycles. The third kappa shape index (κ3) is 4.18. The van der Waals surface area contributed by atoms with Crippen LogP contribution in [0.1, 0.15) is 26.7 Å². The number of piperidine rings is 1. The molecule has 2 N–H and O–H groups in total. The van der Waals surface area contributed by atoms with Gasteiger partial charge < -0.3 is 15.3 Å². The van der Waals surface area contributed by atoms with Gasteiger partial charge in [-0.15, -0.1) is 0 Å². The highest BCUT2D eigenvalue weighted by Crippen LogP contribution is 2.19. The van der Waals surface area contributed by atoms with Gasteiger partial charge in [-0.25, -0.2) is 0 Å². The van der Waals surface area contributed by atoms with Crippen molar-refractivity contribution in [1.29, 1.82) is 0 Å². The van der Waals surface area contributed by atoms with Crippen molar-refractivity contribution in [1.82, 2.24) is 10.2 Å². The number of carbonyl (C=O) groups is 1. The van der Waals surface area contributed by atoms with Crippen LogP contribution in [0.15, 0.2) is 0 Å². The second-order valence-electron chi connectivity index (χ2n) is 4.31. The molecule has 0 amide bonds. The van der Waals surface area contributed by atoms with Crippen molar-refractivity contribution in [3.63, 3.8) is 0 Å². The lowest BCUT2D eigenvalue weighted by Crippen LogP contribution is -2.49. The van der Waals surface area contributed by atoms with Crippen LogP contribution in [0.5, 0.6) is 0 Å². The van der Waals surface area contributed by atoms with Crippen molar-refractivity contribution in [3.05, 3.63) is 0 Å². The number of likely N-dealkylation sites (tertiary alicyclic amines) is 1. The maximum Gasteiger partial charge on any atom is 0.303 e. The van der Waals surface area contributed by atoms with Crippen LogP contribution in [-0.4, -0.2) is 48.2 Å². The molecule has 2 unspecified atom stereocenters. The van der Waals surface area contributed by atoms with E-state index >= 15 is 0 Å². The molecule has 2 atom stereocenters. The Kier molecular flexibility index (Phi) is 5.05. The minimum Gasteiger partial charge on any atom is -0.481 e. The number of carboxylic acids is 1. The Bertz CT molecular complexity index is 209. The summed E-state index contributed by atoms with van der Waals surface area (Å²) in [6.45, 7) is 8.19. The summed E-state index contributed by atoms with van der Waals surface area (Å²) in [6.07, 6.45) is 1.30. The zero-order chi connectivity index (χ0) is 11.3. The summed E-state index contributed by atoms with van der Waals surface area (Å²) in [5, 5.41) is 12.2. The van der Waals surface area contributed by atoms with E-state index in [-0.39, 0.29) is 0 Å². The Hall–Kier alpha value is -0.610. The molecule has 0 radical (unpaired) electrons. The number of aliphatic carboxylic acids is 1. The molecule has 88 valence electrons. The van der Waals surface area contributed by atoms with Gasteiger partial charge in [0.05, 0.1) is 0 Å². The molecule has 0 spiro atoms. The van der Waals surface area contributed by atoms with Gasteiger partial charge in [0, 0.05) is 25.6 Å². The highest BCUT2D eigenvalue weighted by molar-refractivity contribution is 5.67. The SMILES string of the molecule is CCNC1CC(CC(=O)O)CN(CC)C1. The lowest BCUT2D eigenvalue weighted by molar-refractivity contribution is -0.138. The maximum absolute atomic E-state index is 10.7. The predicted octanol–water partition coefficient (Wildman–Crippen LogP) is 0.781. The van der Waals surface area contributed by atoms with E-state index in [1.54, 1.807) is 0 Å². The standard InChI is InChI=1S/C11H22N2O2/c1-3-12-10-5-9(6-11(14)15)7-13(4-2)8-10/h9-10,12H,3-8H2,1-2H3,(H,14,15). The summed E-state index contributed by atoms with van der Waals surface area (Å²) in [7, 11) is 0. The first-order valence-corrected chi connectivity index (χ1v) is 5.83. The van der Waals surface area contributed by atoms with Gasteiger partial charge in [0.1, 0.15) is 0 Å². The molecule has 0 aromatic rings. The first kappa shape index (κ1) is 12.5. The fourth-order valence-corrected chi connectivity index (χ4v) is 2.39. The Morgan fingerprint density at radius 2 is 2.20 bits per heavy atom. The number of likely N-dealkylation sites (N-methyl/N-ethyl adjacent to an activating group) is 2. The Morgan fingerprint density at radius 1 is 1.47 bits per heavy atom. The van der Waals surface area contributed by atoms with Crippen LogP contribution in [0.3, 0.4) is 0 Å². The molecule has 0 saturated carbocycles. The molecular weight excluding hydrogens is 192 g/mol. The predicted molar refractivity (Wildman–Crippen MR) is 59.9 cm³/mol. The van der Waals surface area contributed by atoms with E-state index in [4.69, 9.17) is 5.11 Å². The summed E-state index contributed by atoms with van der Waals surface area (Å²) < 4.78 is 0. The van der Waals surface area contributed by atoms with E-state index in [0.717, 1.165) is 32.6 Å². The van der Waals surface area contributed by atoms with Gasteiger partial charge in [-0.05, 0) is 25.4 Å². The van der Waals surface area contributed by atoms with Crippen LogP contribution < -0.4 is 5.32 Å². The monoisotopic (exact) mass is 214 g/mol. The molecule has 4 nitrogen and oxygen atoms in total. The average Bonchev–Trinajstić information content (AvgIpc) is 2.16. The summed E-state index contributed by atoms with van der Waals surface area (Å²) in [5.74, 6) is -0.367. The number of hydrogen-bond acceptors (Lipinski definition) is 3. The van der Waals surface area contributed by atoms with Crippen molar-refractivity contribution in [2.45, 2.75) is 32.7 Å². The molecule has 0 bridgehead atoms. The average molecular weight is 214 g/mol.